The van der Waals surface area contributed by atoms with Crippen LogP contribution in [0.15, 0.2) is 0 Å². The highest BCUT2D eigenvalue weighted by molar-refractivity contribution is 6.24. The molecule has 0 saturated heterocycles. The summed E-state index contributed by atoms with van der Waals surface area (Å²) in [4.78, 5) is 0. The lowest BCUT2D eigenvalue weighted by atomic mass is 10.5. The number of hydrogen-bond acceptors (Lipinski definition) is 2. The van der Waals surface area contributed by atoms with Gasteiger partial charge in [0.05, 0.1) is 0 Å². The minimum Gasteiger partial charge on any atom is -0.424 e. The third kappa shape index (κ3) is 8.14. The average molecular weight is 148 g/mol. The lowest BCUT2D eigenvalue weighted by Crippen LogP contribution is -2.01. The summed E-state index contributed by atoms with van der Waals surface area (Å²) in [5, 5.41) is 0. The van der Waals surface area contributed by atoms with Crippen LogP contribution in [-0.4, -0.2) is 29.6 Å². The van der Waals surface area contributed by atoms with Gasteiger partial charge in [0.15, 0.2) is 9.76 Å². The highest BCUT2D eigenvalue weighted by atomic mass is 28.2. The van der Waals surface area contributed by atoms with E-state index >= 15 is 0 Å². The van der Waals surface area contributed by atoms with E-state index in [2.05, 4.69) is 6.55 Å². The van der Waals surface area contributed by atoms with E-state index < -0.39 is 0 Å². The van der Waals surface area contributed by atoms with Crippen LogP contribution in [0.2, 0.25) is 6.55 Å². The normalized spacial score (nSPS) is 11.3. The SMILES string of the molecule is CCOCCCO[SiH2]C. The molecule has 9 heavy (non-hydrogen) atoms. The fraction of sp³-hybridized carbons (Fsp3) is 1.00. The zero-order valence-corrected chi connectivity index (χ0v) is 7.77. The van der Waals surface area contributed by atoms with E-state index in [1.54, 1.807) is 0 Å². The standard InChI is InChI=1S/C6H16O2Si/c1-3-7-5-4-6-8-9-2/h3-6,9H2,1-2H3. The van der Waals surface area contributed by atoms with Gasteiger partial charge in [-0.2, -0.15) is 0 Å². The molecule has 0 aromatic rings. The summed E-state index contributed by atoms with van der Waals surface area (Å²) < 4.78 is 10.4. The van der Waals surface area contributed by atoms with Gasteiger partial charge in [0.2, 0.25) is 0 Å². The summed E-state index contributed by atoms with van der Waals surface area (Å²) in [6.45, 7) is 6.72. The molecule has 0 saturated carbocycles. The molecular weight excluding hydrogens is 132 g/mol. The Bertz CT molecular complexity index is 44.3. The van der Waals surface area contributed by atoms with Crippen LogP contribution in [0, 0.1) is 0 Å². The summed E-state index contributed by atoms with van der Waals surface area (Å²) in [6.07, 6.45) is 1.05. The summed E-state index contributed by atoms with van der Waals surface area (Å²) in [7, 11) is -0.176. The maximum Gasteiger partial charge on any atom is 0.158 e. The summed E-state index contributed by atoms with van der Waals surface area (Å²) in [6, 6.07) is 0. The van der Waals surface area contributed by atoms with Gasteiger partial charge in [0.1, 0.15) is 0 Å². The molecule has 0 radical (unpaired) electrons. The predicted octanol–water partition coefficient (Wildman–Crippen LogP) is 0.561. The molecule has 3 heteroatoms. The van der Waals surface area contributed by atoms with Gasteiger partial charge in [0.25, 0.3) is 0 Å². The molecule has 0 aromatic carbocycles. The summed E-state index contributed by atoms with van der Waals surface area (Å²) >= 11 is 0. The second-order valence-corrected chi connectivity index (χ2v) is 2.73. The Morgan fingerprint density at radius 3 is 2.67 bits per heavy atom. The first-order valence-electron chi connectivity index (χ1n) is 3.57. The van der Waals surface area contributed by atoms with Crippen LogP contribution in [0.1, 0.15) is 13.3 Å². The third-order valence-corrected chi connectivity index (χ3v) is 1.68. The smallest absolute Gasteiger partial charge is 0.158 e. The Labute approximate surface area is 59.5 Å². The van der Waals surface area contributed by atoms with Crippen LogP contribution in [0.4, 0.5) is 0 Å². The van der Waals surface area contributed by atoms with Crippen molar-refractivity contribution in [2.45, 2.75) is 19.9 Å². The zero-order chi connectivity index (χ0) is 6.95. The topological polar surface area (TPSA) is 18.5 Å². The van der Waals surface area contributed by atoms with Gasteiger partial charge in [-0.1, -0.05) is 6.55 Å². The Morgan fingerprint density at radius 2 is 2.11 bits per heavy atom. The van der Waals surface area contributed by atoms with E-state index in [1.165, 1.54) is 0 Å². The molecule has 2 nitrogen and oxygen atoms in total. The van der Waals surface area contributed by atoms with E-state index in [-0.39, 0.29) is 9.76 Å². The zero-order valence-electron chi connectivity index (χ0n) is 6.35. The number of ether oxygens (including phenoxy) is 1. The van der Waals surface area contributed by atoms with E-state index in [4.69, 9.17) is 9.16 Å². The first kappa shape index (κ1) is 9.14. The fourth-order valence-corrected chi connectivity index (χ4v) is 1.04. The van der Waals surface area contributed by atoms with Crippen molar-refractivity contribution in [1.82, 2.24) is 0 Å². The van der Waals surface area contributed by atoms with Gasteiger partial charge in [-0.25, -0.2) is 0 Å². The van der Waals surface area contributed by atoms with E-state index in [0.717, 1.165) is 26.2 Å². The average Bonchev–Trinajstić information content (AvgIpc) is 1.89. The molecule has 0 spiro atoms. The highest BCUT2D eigenvalue weighted by Gasteiger charge is 1.84. The first-order chi connectivity index (χ1) is 4.41. The van der Waals surface area contributed by atoms with Gasteiger partial charge in [0, 0.05) is 19.8 Å². The molecule has 0 aliphatic rings. The van der Waals surface area contributed by atoms with Crippen molar-refractivity contribution in [3.8, 4) is 0 Å². The van der Waals surface area contributed by atoms with Crippen molar-refractivity contribution in [2.75, 3.05) is 19.8 Å². The molecule has 0 aliphatic carbocycles. The minimum absolute atomic E-state index is 0.176. The van der Waals surface area contributed by atoms with Gasteiger partial charge in [-0.3, -0.25) is 0 Å². The molecular formula is C6H16O2Si. The van der Waals surface area contributed by atoms with Crippen LogP contribution in [-0.2, 0) is 9.16 Å². The van der Waals surface area contributed by atoms with Gasteiger partial charge >= 0.3 is 0 Å². The van der Waals surface area contributed by atoms with Crippen molar-refractivity contribution in [1.29, 1.82) is 0 Å². The minimum atomic E-state index is -0.176. The molecule has 0 N–H and O–H groups in total. The Morgan fingerprint density at radius 1 is 1.33 bits per heavy atom. The number of rotatable bonds is 6. The second-order valence-electron chi connectivity index (χ2n) is 1.75. The van der Waals surface area contributed by atoms with E-state index in [0.29, 0.717) is 0 Å². The number of hydrogen-bond donors (Lipinski definition) is 0. The maximum absolute atomic E-state index is 5.24. The molecule has 0 atom stereocenters. The first-order valence-corrected chi connectivity index (χ1v) is 5.56. The maximum atomic E-state index is 5.24. The van der Waals surface area contributed by atoms with Gasteiger partial charge in [-0.15, -0.1) is 0 Å². The fourth-order valence-electron chi connectivity index (χ4n) is 0.552. The molecule has 0 aliphatic heterocycles. The van der Waals surface area contributed by atoms with E-state index in [1.807, 2.05) is 6.92 Å². The Kier molecular flexibility index (Phi) is 8.26. The van der Waals surface area contributed by atoms with Gasteiger partial charge < -0.3 is 9.16 Å². The summed E-state index contributed by atoms with van der Waals surface area (Å²) in [5.41, 5.74) is 0. The quantitative estimate of drug-likeness (QED) is 0.405. The lowest BCUT2D eigenvalue weighted by molar-refractivity contribution is 0.132. The molecule has 0 heterocycles. The van der Waals surface area contributed by atoms with Crippen molar-refractivity contribution < 1.29 is 9.16 Å². The predicted molar refractivity (Wildman–Crippen MR) is 41.5 cm³/mol. The van der Waals surface area contributed by atoms with E-state index in [9.17, 15) is 0 Å². The Balaban J connectivity index is 2.60. The van der Waals surface area contributed by atoms with Crippen LogP contribution in [0.5, 0.6) is 0 Å². The van der Waals surface area contributed by atoms with Crippen molar-refractivity contribution >= 4 is 9.76 Å². The monoisotopic (exact) mass is 148 g/mol. The van der Waals surface area contributed by atoms with Gasteiger partial charge in [-0.05, 0) is 13.3 Å². The van der Waals surface area contributed by atoms with Crippen molar-refractivity contribution in [2.24, 2.45) is 0 Å². The molecule has 0 bridgehead atoms. The van der Waals surface area contributed by atoms with Crippen LogP contribution >= 0.6 is 0 Å². The van der Waals surface area contributed by atoms with Crippen LogP contribution in [0.25, 0.3) is 0 Å². The molecule has 0 unspecified atom stereocenters. The highest BCUT2D eigenvalue weighted by Crippen LogP contribution is 1.82. The molecule has 0 fully saturated rings. The largest absolute Gasteiger partial charge is 0.424 e. The summed E-state index contributed by atoms with van der Waals surface area (Å²) in [5.74, 6) is 0. The van der Waals surface area contributed by atoms with Crippen LogP contribution < -0.4 is 0 Å². The molecule has 0 aromatic heterocycles. The molecule has 56 valence electrons. The van der Waals surface area contributed by atoms with Crippen molar-refractivity contribution in [3.63, 3.8) is 0 Å². The lowest BCUT2D eigenvalue weighted by Gasteiger charge is -2.00. The van der Waals surface area contributed by atoms with Crippen LogP contribution in [0.3, 0.4) is 0 Å². The van der Waals surface area contributed by atoms with Crippen molar-refractivity contribution in [3.05, 3.63) is 0 Å². The molecule has 0 rings (SSSR count). The second kappa shape index (κ2) is 8.14. The Hall–Kier alpha value is 0.137. The third-order valence-electron chi connectivity index (χ3n) is 0.986. The molecule has 0 amide bonds.